The molecule has 1 unspecified atom stereocenters. The Morgan fingerprint density at radius 1 is 1.18 bits per heavy atom. The van der Waals surface area contributed by atoms with Gasteiger partial charge in [0.25, 0.3) is 0 Å². The fraction of sp³-hybridized carbons (Fsp3) is 0.455. The van der Waals surface area contributed by atoms with Crippen LogP contribution < -0.4 is 0 Å². The Balaban J connectivity index is 3.10. The summed E-state index contributed by atoms with van der Waals surface area (Å²) < 4.78 is 0. The van der Waals surface area contributed by atoms with Crippen molar-refractivity contribution in [2.24, 2.45) is 11.8 Å². The molecule has 0 heteroatoms. The second kappa shape index (κ2) is 8.17. The van der Waals surface area contributed by atoms with Gasteiger partial charge >= 0.3 is 0 Å². The summed E-state index contributed by atoms with van der Waals surface area (Å²) in [5, 5.41) is 0. The largest absolute Gasteiger partial charge is 0.0985 e. The Bertz CT molecular complexity index is 582. The first kappa shape index (κ1) is 18.5. The monoisotopic (exact) mass is 296 g/mol. The SMILES string of the molecule is C=Cc1ccc(C)cc1CC(C)C(=C/C)/C(C)=C(\C)C(C)C. The maximum atomic E-state index is 3.96. The zero-order valence-corrected chi connectivity index (χ0v) is 15.5. The topological polar surface area (TPSA) is 0 Å². The average molecular weight is 296 g/mol. The molecule has 0 bridgehead atoms. The number of rotatable bonds is 6. The van der Waals surface area contributed by atoms with Gasteiger partial charge in [-0.1, -0.05) is 68.8 Å². The molecular weight excluding hydrogens is 264 g/mol. The van der Waals surface area contributed by atoms with E-state index in [0.29, 0.717) is 11.8 Å². The molecule has 0 radical (unpaired) electrons. The predicted octanol–water partition coefficient (Wildman–Crippen LogP) is 6.76. The first-order chi connectivity index (χ1) is 10.3. The molecule has 0 fully saturated rings. The van der Waals surface area contributed by atoms with E-state index in [9.17, 15) is 0 Å². The van der Waals surface area contributed by atoms with E-state index in [-0.39, 0.29) is 0 Å². The fourth-order valence-electron chi connectivity index (χ4n) is 3.08. The van der Waals surface area contributed by atoms with Crippen molar-refractivity contribution in [3.05, 3.63) is 64.3 Å². The third-order valence-electron chi connectivity index (χ3n) is 4.78. The van der Waals surface area contributed by atoms with Gasteiger partial charge in [0.1, 0.15) is 0 Å². The van der Waals surface area contributed by atoms with Crippen molar-refractivity contribution in [2.45, 2.75) is 54.9 Å². The van der Waals surface area contributed by atoms with Gasteiger partial charge in [-0.05, 0) is 68.2 Å². The normalized spacial score (nSPS) is 14.8. The fourth-order valence-corrected chi connectivity index (χ4v) is 3.08. The van der Waals surface area contributed by atoms with Crippen molar-refractivity contribution >= 4 is 6.08 Å². The quantitative estimate of drug-likeness (QED) is 0.509. The summed E-state index contributed by atoms with van der Waals surface area (Å²) in [4.78, 5) is 0. The average Bonchev–Trinajstić information content (AvgIpc) is 2.47. The van der Waals surface area contributed by atoms with Crippen molar-refractivity contribution in [3.8, 4) is 0 Å². The van der Waals surface area contributed by atoms with E-state index in [0.717, 1.165) is 6.42 Å². The summed E-state index contributed by atoms with van der Waals surface area (Å²) in [6, 6.07) is 6.65. The molecule has 1 atom stereocenters. The molecule has 0 aliphatic heterocycles. The number of hydrogen-bond acceptors (Lipinski definition) is 0. The van der Waals surface area contributed by atoms with Crippen LogP contribution >= 0.6 is 0 Å². The van der Waals surface area contributed by atoms with Gasteiger partial charge < -0.3 is 0 Å². The molecule has 0 aromatic heterocycles. The number of aryl methyl sites for hydroxylation is 1. The summed E-state index contributed by atoms with van der Waals surface area (Å²) in [5.74, 6) is 1.11. The van der Waals surface area contributed by atoms with Crippen LogP contribution in [0.2, 0.25) is 0 Å². The lowest BCUT2D eigenvalue weighted by atomic mass is 9.84. The summed E-state index contributed by atoms with van der Waals surface area (Å²) in [7, 11) is 0. The van der Waals surface area contributed by atoms with Crippen LogP contribution in [0.25, 0.3) is 6.08 Å². The molecule has 0 amide bonds. The highest BCUT2D eigenvalue weighted by Gasteiger charge is 2.15. The van der Waals surface area contributed by atoms with Crippen LogP contribution in [0.15, 0.2) is 47.6 Å². The van der Waals surface area contributed by atoms with Crippen molar-refractivity contribution in [3.63, 3.8) is 0 Å². The van der Waals surface area contributed by atoms with Crippen LogP contribution in [0, 0.1) is 18.8 Å². The third-order valence-corrected chi connectivity index (χ3v) is 4.78. The second-order valence-electron chi connectivity index (χ2n) is 6.72. The van der Waals surface area contributed by atoms with Gasteiger partial charge in [-0.15, -0.1) is 0 Å². The van der Waals surface area contributed by atoms with Crippen LogP contribution in [0.4, 0.5) is 0 Å². The molecule has 0 saturated heterocycles. The van der Waals surface area contributed by atoms with Crippen molar-refractivity contribution in [1.29, 1.82) is 0 Å². The highest BCUT2D eigenvalue weighted by Crippen LogP contribution is 2.29. The zero-order chi connectivity index (χ0) is 16.9. The van der Waals surface area contributed by atoms with E-state index in [4.69, 9.17) is 0 Å². The van der Waals surface area contributed by atoms with E-state index in [1.807, 2.05) is 6.08 Å². The highest BCUT2D eigenvalue weighted by atomic mass is 14.2. The first-order valence-electron chi connectivity index (χ1n) is 8.37. The van der Waals surface area contributed by atoms with Crippen LogP contribution in [0.1, 0.15) is 58.2 Å². The smallest absolute Gasteiger partial charge is 0.0150 e. The Hall–Kier alpha value is -1.56. The van der Waals surface area contributed by atoms with Gasteiger partial charge in [0.15, 0.2) is 0 Å². The predicted molar refractivity (Wildman–Crippen MR) is 101 cm³/mol. The van der Waals surface area contributed by atoms with Crippen LogP contribution in [0.3, 0.4) is 0 Å². The lowest BCUT2D eigenvalue weighted by Gasteiger charge is -2.21. The molecule has 1 aromatic carbocycles. The Labute approximate surface area is 137 Å². The molecule has 1 rings (SSSR count). The van der Waals surface area contributed by atoms with Crippen molar-refractivity contribution in [1.82, 2.24) is 0 Å². The Kier molecular flexibility index (Phi) is 6.87. The van der Waals surface area contributed by atoms with Crippen LogP contribution in [0.5, 0.6) is 0 Å². The molecule has 1 aromatic rings. The molecule has 0 saturated carbocycles. The van der Waals surface area contributed by atoms with Gasteiger partial charge in [0, 0.05) is 0 Å². The minimum Gasteiger partial charge on any atom is -0.0985 e. The van der Waals surface area contributed by atoms with Gasteiger partial charge in [0.05, 0.1) is 0 Å². The van der Waals surface area contributed by atoms with E-state index in [1.54, 1.807) is 0 Å². The second-order valence-corrected chi connectivity index (χ2v) is 6.72. The molecule has 0 aliphatic rings. The van der Waals surface area contributed by atoms with Gasteiger partial charge in [0.2, 0.25) is 0 Å². The summed E-state index contributed by atoms with van der Waals surface area (Å²) in [6.07, 6.45) is 5.32. The number of allylic oxidation sites excluding steroid dienone is 4. The minimum atomic E-state index is 0.513. The van der Waals surface area contributed by atoms with Gasteiger partial charge in [-0.3, -0.25) is 0 Å². The molecule has 120 valence electrons. The minimum absolute atomic E-state index is 0.513. The van der Waals surface area contributed by atoms with Crippen molar-refractivity contribution < 1.29 is 0 Å². The van der Waals surface area contributed by atoms with Crippen molar-refractivity contribution in [2.75, 3.05) is 0 Å². The molecule has 0 N–H and O–H groups in total. The molecule has 22 heavy (non-hydrogen) atoms. The summed E-state index contributed by atoms with van der Waals surface area (Å²) in [5.41, 5.74) is 8.40. The third kappa shape index (κ3) is 4.47. The maximum Gasteiger partial charge on any atom is -0.0150 e. The standard InChI is InChI=1S/C22H32/c1-9-20-12-11-16(5)13-21(20)14-17(6)22(10-2)19(8)18(7)15(3)4/h9-13,15,17H,1,14H2,2-8H3/b19-18+,22-10-. The zero-order valence-electron chi connectivity index (χ0n) is 15.5. The molecule has 0 spiro atoms. The molecular formula is C22H32. The van der Waals surface area contributed by atoms with E-state index in [2.05, 4.69) is 79.3 Å². The molecule has 0 aliphatic carbocycles. The van der Waals surface area contributed by atoms with E-state index >= 15 is 0 Å². The molecule has 0 heterocycles. The maximum absolute atomic E-state index is 3.96. The van der Waals surface area contributed by atoms with Crippen LogP contribution in [-0.4, -0.2) is 0 Å². The molecule has 0 nitrogen and oxygen atoms in total. The van der Waals surface area contributed by atoms with Gasteiger partial charge in [-0.25, -0.2) is 0 Å². The Morgan fingerprint density at radius 3 is 2.32 bits per heavy atom. The number of hydrogen-bond donors (Lipinski definition) is 0. The lowest BCUT2D eigenvalue weighted by molar-refractivity contribution is 0.670. The Morgan fingerprint density at radius 2 is 1.82 bits per heavy atom. The van der Waals surface area contributed by atoms with E-state index < -0.39 is 0 Å². The summed E-state index contributed by atoms with van der Waals surface area (Å²) >= 11 is 0. The lowest BCUT2D eigenvalue weighted by Crippen LogP contribution is -2.08. The van der Waals surface area contributed by atoms with E-state index in [1.165, 1.54) is 33.4 Å². The number of benzene rings is 1. The first-order valence-corrected chi connectivity index (χ1v) is 8.37. The van der Waals surface area contributed by atoms with Gasteiger partial charge in [-0.2, -0.15) is 0 Å². The highest BCUT2D eigenvalue weighted by molar-refractivity contribution is 5.53. The van der Waals surface area contributed by atoms with Crippen LogP contribution in [-0.2, 0) is 6.42 Å². The summed E-state index contributed by atoms with van der Waals surface area (Å²) in [6.45, 7) is 19.7.